The number of unbranched alkanes of at least 4 members (excludes halogenated alkanes) is 5. The maximum atomic E-state index is 12.0. The number of carbonyl (C=O) groups is 2. The summed E-state index contributed by atoms with van der Waals surface area (Å²) in [4.78, 5) is 29.2. The maximum Gasteiger partial charge on any atom is 0.405 e. The molecule has 0 bridgehead atoms. The van der Waals surface area contributed by atoms with E-state index in [-0.39, 0.29) is 23.8 Å². The topological polar surface area (TPSA) is 87.9 Å². The molecule has 1 heterocycles. The van der Waals surface area contributed by atoms with Gasteiger partial charge in [-0.05, 0) is 20.3 Å². The average Bonchev–Trinajstić information content (AvgIpc) is 2.88. The lowest BCUT2D eigenvalue weighted by atomic mass is 9.91. The highest BCUT2D eigenvalue weighted by Gasteiger charge is 2.48. The highest BCUT2D eigenvalue weighted by Crippen LogP contribution is 2.26. The van der Waals surface area contributed by atoms with Crippen LogP contribution in [0, 0.1) is 11.1 Å². The van der Waals surface area contributed by atoms with Crippen molar-refractivity contribution in [3.63, 3.8) is 0 Å². The lowest BCUT2D eigenvalue weighted by Gasteiger charge is -2.17. The molecule has 1 aliphatic heterocycles. The van der Waals surface area contributed by atoms with Crippen molar-refractivity contribution >= 4 is 17.7 Å². The predicted octanol–water partition coefficient (Wildman–Crippen LogP) is 2.74. The number of ether oxygens (including phenoxy) is 2. The average molecular weight is 343 g/mol. The number of rotatable bonds is 11. The van der Waals surface area contributed by atoms with Crippen molar-refractivity contribution in [3.05, 3.63) is 5.21 Å². The summed E-state index contributed by atoms with van der Waals surface area (Å²) in [5, 5.41) is 11.9. The van der Waals surface area contributed by atoms with Gasteiger partial charge in [-0.25, -0.2) is 4.79 Å². The van der Waals surface area contributed by atoms with Crippen molar-refractivity contribution in [2.45, 2.75) is 71.8 Å². The Hall–Kier alpha value is -1.79. The van der Waals surface area contributed by atoms with E-state index < -0.39 is 24.0 Å². The van der Waals surface area contributed by atoms with Gasteiger partial charge in [-0.1, -0.05) is 45.4 Å². The zero-order valence-corrected chi connectivity index (χ0v) is 14.9. The summed E-state index contributed by atoms with van der Waals surface area (Å²) in [6, 6.07) is 0. The summed E-state index contributed by atoms with van der Waals surface area (Å²) >= 11 is 0. The van der Waals surface area contributed by atoms with Crippen molar-refractivity contribution in [2.75, 3.05) is 13.2 Å². The molecule has 1 aliphatic rings. The predicted molar refractivity (Wildman–Crippen MR) is 88.3 cm³/mol. The van der Waals surface area contributed by atoms with E-state index in [2.05, 4.69) is 6.92 Å². The molecule has 0 N–H and O–H groups in total. The number of esters is 2. The van der Waals surface area contributed by atoms with Crippen LogP contribution in [0.5, 0.6) is 0 Å². The third kappa shape index (κ3) is 5.69. The SMILES string of the molecule is CCCCCCCCC1C(C(=O)OCC)=[N+]([O-])OC1C(=O)OCC. The second-order valence-corrected chi connectivity index (χ2v) is 5.80. The molecule has 0 amide bonds. The molecule has 0 radical (unpaired) electrons. The Kier molecular flexibility index (Phi) is 9.19. The first kappa shape index (κ1) is 20.3. The summed E-state index contributed by atoms with van der Waals surface area (Å²) in [6.45, 7) is 5.85. The van der Waals surface area contributed by atoms with Crippen molar-refractivity contribution in [1.82, 2.24) is 0 Å². The largest absolute Gasteiger partial charge is 0.465 e. The van der Waals surface area contributed by atoms with E-state index in [9.17, 15) is 14.8 Å². The first-order valence-electron chi connectivity index (χ1n) is 8.91. The summed E-state index contributed by atoms with van der Waals surface area (Å²) in [6.07, 6.45) is 5.88. The van der Waals surface area contributed by atoms with Gasteiger partial charge in [0.1, 0.15) is 0 Å². The normalized spacial score (nSPS) is 20.0. The van der Waals surface area contributed by atoms with Crippen LogP contribution in [0.3, 0.4) is 0 Å². The van der Waals surface area contributed by atoms with Gasteiger partial charge >= 0.3 is 17.7 Å². The summed E-state index contributed by atoms with van der Waals surface area (Å²) in [5.74, 6) is -1.96. The molecule has 0 aromatic rings. The molecule has 24 heavy (non-hydrogen) atoms. The van der Waals surface area contributed by atoms with Gasteiger partial charge in [0, 0.05) is 0 Å². The van der Waals surface area contributed by atoms with E-state index in [1.54, 1.807) is 13.8 Å². The molecule has 0 saturated heterocycles. The lowest BCUT2D eigenvalue weighted by Crippen LogP contribution is -2.36. The van der Waals surface area contributed by atoms with Gasteiger partial charge in [0.05, 0.1) is 24.0 Å². The molecule has 7 heteroatoms. The van der Waals surface area contributed by atoms with Crippen LogP contribution in [0.25, 0.3) is 0 Å². The highest BCUT2D eigenvalue weighted by atomic mass is 16.9. The van der Waals surface area contributed by atoms with Crippen molar-refractivity contribution in [1.29, 1.82) is 0 Å². The van der Waals surface area contributed by atoms with Gasteiger partial charge in [-0.15, -0.1) is 0 Å². The Labute approximate surface area is 143 Å². The summed E-state index contributed by atoms with van der Waals surface area (Å²) < 4.78 is 9.88. The third-order valence-electron chi connectivity index (χ3n) is 3.99. The molecular formula is C17H29NO6. The van der Waals surface area contributed by atoms with Gasteiger partial charge < -0.3 is 14.3 Å². The van der Waals surface area contributed by atoms with Crippen molar-refractivity contribution in [3.8, 4) is 0 Å². The number of carbonyl (C=O) groups excluding carboxylic acids is 2. The first-order chi connectivity index (χ1) is 11.6. The molecular weight excluding hydrogens is 314 g/mol. The fraction of sp³-hybridized carbons (Fsp3) is 0.824. The number of nitrogens with zero attached hydrogens (tertiary/aromatic N) is 1. The molecule has 0 saturated carbocycles. The smallest absolute Gasteiger partial charge is 0.405 e. The van der Waals surface area contributed by atoms with E-state index in [0.29, 0.717) is 6.42 Å². The number of hydrogen-bond acceptors (Lipinski definition) is 6. The van der Waals surface area contributed by atoms with Crippen molar-refractivity contribution < 1.29 is 28.8 Å². The first-order valence-corrected chi connectivity index (χ1v) is 8.91. The Morgan fingerprint density at radius 3 is 2.29 bits per heavy atom. The van der Waals surface area contributed by atoms with Crippen LogP contribution < -0.4 is 0 Å². The van der Waals surface area contributed by atoms with E-state index in [1.807, 2.05) is 0 Å². The zero-order chi connectivity index (χ0) is 17.9. The standard InChI is InChI=1S/C17H29NO6/c1-4-7-8-9-10-11-12-13-14(16(19)22-5-2)18(21)24-15(13)17(20)23-6-3/h13,15H,4-12H2,1-3H3. The van der Waals surface area contributed by atoms with Crippen LogP contribution in [-0.4, -0.2) is 41.9 Å². The minimum Gasteiger partial charge on any atom is -0.465 e. The Morgan fingerprint density at radius 1 is 1.04 bits per heavy atom. The quantitative estimate of drug-likeness (QED) is 0.326. The second-order valence-electron chi connectivity index (χ2n) is 5.80. The van der Waals surface area contributed by atoms with Crippen LogP contribution in [0.15, 0.2) is 0 Å². The van der Waals surface area contributed by atoms with Gasteiger partial charge in [0.2, 0.25) is 0 Å². The molecule has 0 aromatic heterocycles. The van der Waals surface area contributed by atoms with E-state index >= 15 is 0 Å². The molecule has 2 atom stereocenters. The van der Waals surface area contributed by atoms with E-state index in [0.717, 1.165) is 19.3 Å². The van der Waals surface area contributed by atoms with Gasteiger partial charge in [-0.2, -0.15) is 0 Å². The number of hydrogen-bond donors (Lipinski definition) is 0. The molecule has 0 fully saturated rings. The summed E-state index contributed by atoms with van der Waals surface area (Å²) in [5.41, 5.74) is -0.136. The van der Waals surface area contributed by atoms with Crippen LogP contribution >= 0.6 is 0 Å². The Balaban J connectivity index is 2.71. The molecule has 0 spiro atoms. The van der Waals surface area contributed by atoms with Gasteiger partial charge in [0.15, 0.2) is 6.10 Å². The van der Waals surface area contributed by atoms with Gasteiger partial charge in [0.25, 0.3) is 0 Å². The molecule has 7 nitrogen and oxygen atoms in total. The second kappa shape index (κ2) is 10.9. The minimum absolute atomic E-state index is 0.126. The van der Waals surface area contributed by atoms with E-state index in [1.165, 1.54) is 19.3 Å². The molecule has 0 aromatic carbocycles. The van der Waals surface area contributed by atoms with Gasteiger partial charge in [-0.3, -0.25) is 10.0 Å². The van der Waals surface area contributed by atoms with E-state index in [4.69, 9.17) is 14.3 Å². The van der Waals surface area contributed by atoms with Crippen molar-refractivity contribution in [2.24, 2.45) is 5.92 Å². The molecule has 138 valence electrons. The Morgan fingerprint density at radius 2 is 1.67 bits per heavy atom. The fourth-order valence-corrected chi connectivity index (χ4v) is 2.81. The monoisotopic (exact) mass is 343 g/mol. The molecule has 2 unspecified atom stereocenters. The lowest BCUT2D eigenvalue weighted by molar-refractivity contribution is -0.737. The molecule has 1 rings (SSSR count). The highest BCUT2D eigenvalue weighted by molar-refractivity contribution is 6.35. The maximum absolute atomic E-state index is 12.0. The fourth-order valence-electron chi connectivity index (χ4n) is 2.81. The third-order valence-corrected chi connectivity index (χ3v) is 3.99. The Bertz CT molecular complexity index is 448. The molecule has 0 aliphatic carbocycles. The zero-order valence-electron chi connectivity index (χ0n) is 14.9. The van der Waals surface area contributed by atoms with Crippen LogP contribution in [0.2, 0.25) is 0 Å². The summed E-state index contributed by atoms with van der Waals surface area (Å²) in [7, 11) is 0. The minimum atomic E-state index is -1.07. The van der Waals surface area contributed by atoms with Crippen LogP contribution in [0.4, 0.5) is 0 Å². The van der Waals surface area contributed by atoms with Crippen LogP contribution in [-0.2, 0) is 23.9 Å². The van der Waals surface area contributed by atoms with Crippen LogP contribution in [0.1, 0.15) is 65.7 Å².